The molecule has 152 valence electrons. The quantitative estimate of drug-likeness (QED) is 0.408. The molecule has 2 heterocycles. The van der Waals surface area contributed by atoms with Gasteiger partial charge >= 0.3 is 0 Å². The van der Waals surface area contributed by atoms with Crippen LogP contribution < -0.4 is 10.3 Å². The van der Waals surface area contributed by atoms with Gasteiger partial charge < -0.3 is 4.74 Å². The Morgan fingerprint density at radius 1 is 1.07 bits per heavy atom. The van der Waals surface area contributed by atoms with E-state index in [0.717, 1.165) is 5.56 Å². The molecule has 0 saturated carbocycles. The van der Waals surface area contributed by atoms with Gasteiger partial charge in [-0.15, -0.1) is 5.10 Å². The van der Waals surface area contributed by atoms with E-state index in [1.807, 2.05) is 13.0 Å². The van der Waals surface area contributed by atoms with Crippen molar-refractivity contribution in [3.05, 3.63) is 92.2 Å². The summed E-state index contributed by atoms with van der Waals surface area (Å²) in [6, 6.07) is 13.2. The van der Waals surface area contributed by atoms with E-state index in [4.69, 9.17) is 27.9 Å². The van der Waals surface area contributed by atoms with Gasteiger partial charge in [-0.2, -0.15) is 4.98 Å². The maximum absolute atomic E-state index is 14.2. The van der Waals surface area contributed by atoms with Crippen LogP contribution in [0.25, 0.3) is 16.6 Å². The Balaban J connectivity index is 1.76. The molecule has 0 bridgehead atoms. The fourth-order valence-corrected chi connectivity index (χ4v) is 3.81. The number of hydrogen-bond acceptors (Lipinski definition) is 4. The summed E-state index contributed by atoms with van der Waals surface area (Å²) in [4.78, 5) is 16.4. The van der Waals surface area contributed by atoms with Crippen molar-refractivity contribution in [1.82, 2.24) is 14.6 Å². The molecule has 2 aromatic heterocycles. The first-order valence-electron chi connectivity index (χ1n) is 9.11. The lowest BCUT2D eigenvalue weighted by Crippen LogP contribution is -2.15. The number of aryl methyl sites for hydroxylation is 1. The van der Waals surface area contributed by atoms with E-state index in [-0.39, 0.29) is 17.3 Å². The van der Waals surface area contributed by atoms with Crippen molar-refractivity contribution in [3.8, 4) is 17.0 Å². The van der Waals surface area contributed by atoms with E-state index in [1.54, 1.807) is 43.3 Å². The molecule has 0 saturated heterocycles. The summed E-state index contributed by atoms with van der Waals surface area (Å²) in [6.45, 7) is 3.55. The minimum atomic E-state index is -0.569. The zero-order valence-corrected chi connectivity index (χ0v) is 17.6. The summed E-state index contributed by atoms with van der Waals surface area (Å²) in [5.74, 6) is -0.0964. The van der Waals surface area contributed by atoms with Crippen molar-refractivity contribution in [2.24, 2.45) is 0 Å². The standard InChI is InChI=1S/C22H16Cl2FN3O2/c1-12-6-7-14(17(25)10-12)13(2)30-19-9-8-18-21(22(29)26-11-28(18)27-19)20-15(23)4-3-5-16(20)24/h3-11,13H,1-2H3. The third-order valence-electron chi connectivity index (χ3n) is 4.70. The number of rotatable bonds is 4. The average Bonchev–Trinajstić information content (AvgIpc) is 2.69. The largest absolute Gasteiger partial charge is 0.469 e. The topological polar surface area (TPSA) is 56.5 Å². The van der Waals surface area contributed by atoms with Gasteiger partial charge in [0, 0.05) is 17.2 Å². The van der Waals surface area contributed by atoms with Crippen LogP contribution in [-0.4, -0.2) is 14.6 Å². The molecule has 2 aromatic carbocycles. The highest BCUT2D eigenvalue weighted by Crippen LogP contribution is 2.35. The smallest absolute Gasteiger partial charge is 0.281 e. The SMILES string of the molecule is Cc1ccc(C(C)Oc2ccc3c(-c4c(Cl)cccc4Cl)c(=O)ncn3n2)c(F)c1. The number of aromatic nitrogens is 3. The Morgan fingerprint density at radius 3 is 2.50 bits per heavy atom. The van der Waals surface area contributed by atoms with Crippen LogP contribution in [0.1, 0.15) is 24.2 Å². The van der Waals surface area contributed by atoms with Crippen LogP contribution in [0, 0.1) is 12.7 Å². The van der Waals surface area contributed by atoms with Crippen molar-refractivity contribution < 1.29 is 9.13 Å². The van der Waals surface area contributed by atoms with Gasteiger partial charge in [-0.1, -0.05) is 41.4 Å². The Labute approximate surface area is 181 Å². The van der Waals surface area contributed by atoms with E-state index in [0.29, 0.717) is 26.7 Å². The number of ether oxygens (including phenoxy) is 1. The first kappa shape index (κ1) is 20.3. The first-order chi connectivity index (χ1) is 14.3. The zero-order valence-electron chi connectivity index (χ0n) is 16.1. The molecule has 30 heavy (non-hydrogen) atoms. The van der Waals surface area contributed by atoms with Gasteiger partial charge in [-0.25, -0.2) is 8.91 Å². The molecule has 1 atom stereocenters. The maximum Gasteiger partial charge on any atom is 0.281 e. The lowest BCUT2D eigenvalue weighted by molar-refractivity contribution is 0.209. The second-order valence-corrected chi connectivity index (χ2v) is 7.62. The van der Waals surface area contributed by atoms with E-state index >= 15 is 0 Å². The highest BCUT2D eigenvalue weighted by molar-refractivity contribution is 6.39. The van der Waals surface area contributed by atoms with Crippen LogP contribution in [0.5, 0.6) is 5.88 Å². The highest BCUT2D eigenvalue weighted by atomic mass is 35.5. The van der Waals surface area contributed by atoms with Crippen molar-refractivity contribution in [2.75, 3.05) is 0 Å². The van der Waals surface area contributed by atoms with E-state index in [2.05, 4.69) is 10.1 Å². The molecule has 0 aliphatic heterocycles. The molecule has 5 nitrogen and oxygen atoms in total. The Bertz CT molecular complexity index is 1300. The van der Waals surface area contributed by atoms with Gasteiger partial charge in [-0.05, 0) is 43.7 Å². The molecule has 0 radical (unpaired) electrons. The molecular weight excluding hydrogens is 428 g/mol. The lowest BCUT2D eigenvalue weighted by Gasteiger charge is -2.16. The van der Waals surface area contributed by atoms with E-state index in [1.165, 1.54) is 16.9 Å². The minimum absolute atomic E-state index is 0.241. The fraction of sp³-hybridized carbons (Fsp3) is 0.136. The number of nitrogens with zero attached hydrogens (tertiary/aromatic N) is 3. The number of benzene rings is 2. The summed E-state index contributed by atoms with van der Waals surface area (Å²) >= 11 is 12.6. The van der Waals surface area contributed by atoms with Crippen LogP contribution in [0.2, 0.25) is 10.0 Å². The molecule has 1 unspecified atom stereocenters. The maximum atomic E-state index is 14.2. The minimum Gasteiger partial charge on any atom is -0.469 e. The molecule has 8 heteroatoms. The number of hydrogen-bond donors (Lipinski definition) is 0. The van der Waals surface area contributed by atoms with Crippen molar-refractivity contribution >= 4 is 28.7 Å². The Morgan fingerprint density at radius 2 is 1.80 bits per heavy atom. The van der Waals surface area contributed by atoms with Gasteiger partial charge in [0.25, 0.3) is 5.56 Å². The van der Waals surface area contributed by atoms with Crippen molar-refractivity contribution in [1.29, 1.82) is 0 Å². The fourth-order valence-electron chi connectivity index (χ4n) is 3.23. The Kier molecular flexibility index (Phi) is 5.45. The van der Waals surface area contributed by atoms with E-state index in [9.17, 15) is 9.18 Å². The van der Waals surface area contributed by atoms with Gasteiger partial charge in [0.1, 0.15) is 18.2 Å². The van der Waals surface area contributed by atoms with Crippen LogP contribution in [0.3, 0.4) is 0 Å². The van der Waals surface area contributed by atoms with E-state index < -0.39 is 11.7 Å². The van der Waals surface area contributed by atoms with Gasteiger partial charge in [0.15, 0.2) is 0 Å². The molecule has 4 rings (SSSR count). The molecule has 0 amide bonds. The summed E-state index contributed by atoms with van der Waals surface area (Å²) in [6.07, 6.45) is 0.719. The van der Waals surface area contributed by atoms with Crippen LogP contribution in [-0.2, 0) is 0 Å². The summed E-state index contributed by atoms with van der Waals surface area (Å²) < 4.78 is 21.5. The molecule has 4 aromatic rings. The normalized spacial score (nSPS) is 12.2. The Hall–Kier alpha value is -2.96. The predicted octanol–water partition coefficient (Wildman–Crippen LogP) is 5.65. The molecular formula is C22H16Cl2FN3O2. The third kappa shape index (κ3) is 3.76. The molecule has 0 aliphatic rings. The van der Waals surface area contributed by atoms with Crippen molar-refractivity contribution in [2.45, 2.75) is 20.0 Å². The first-order valence-corrected chi connectivity index (χ1v) is 9.86. The number of fused-ring (bicyclic) bond motifs is 1. The van der Waals surface area contributed by atoms with Crippen LogP contribution >= 0.6 is 23.2 Å². The second-order valence-electron chi connectivity index (χ2n) is 6.81. The van der Waals surface area contributed by atoms with Gasteiger partial charge in [0.05, 0.1) is 21.1 Å². The molecule has 0 aliphatic carbocycles. The summed E-state index contributed by atoms with van der Waals surface area (Å²) in [7, 11) is 0. The number of halogens is 3. The second kappa shape index (κ2) is 8.05. The summed E-state index contributed by atoms with van der Waals surface area (Å²) in [5.41, 5.74) is 1.87. The highest BCUT2D eigenvalue weighted by Gasteiger charge is 2.18. The lowest BCUT2D eigenvalue weighted by atomic mass is 10.1. The zero-order chi connectivity index (χ0) is 21.4. The van der Waals surface area contributed by atoms with Gasteiger partial charge in [-0.3, -0.25) is 4.79 Å². The third-order valence-corrected chi connectivity index (χ3v) is 5.33. The van der Waals surface area contributed by atoms with Crippen LogP contribution in [0.15, 0.2) is 59.7 Å². The van der Waals surface area contributed by atoms with Crippen LogP contribution in [0.4, 0.5) is 4.39 Å². The molecule has 0 N–H and O–H groups in total. The van der Waals surface area contributed by atoms with Crippen molar-refractivity contribution in [3.63, 3.8) is 0 Å². The van der Waals surface area contributed by atoms with Gasteiger partial charge in [0.2, 0.25) is 5.88 Å². The molecule has 0 spiro atoms. The summed E-state index contributed by atoms with van der Waals surface area (Å²) in [5, 5.41) is 5.02. The average molecular weight is 444 g/mol. The monoisotopic (exact) mass is 443 g/mol. The predicted molar refractivity (Wildman–Crippen MR) is 115 cm³/mol. The molecule has 0 fully saturated rings.